The number of nitrogens with zero attached hydrogens (tertiary/aromatic N) is 1. The Morgan fingerprint density at radius 1 is 0.575 bits per heavy atom. The number of allylic oxidation sites excluding steroid dienone is 1. The molecule has 2 N–H and O–H groups in total. The van der Waals surface area contributed by atoms with Crippen molar-refractivity contribution < 1.29 is 34.2 Å². The quantitative estimate of drug-likeness (QED) is 0.0584. The third kappa shape index (κ3) is 14.1. The lowest BCUT2D eigenvalue weighted by molar-refractivity contribution is -0.974. The van der Waals surface area contributed by atoms with Crippen LogP contribution in [0.3, 0.4) is 0 Å². The summed E-state index contributed by atoms with van der Waals surface area (Å²) in [6.07, 6.45) is 23.2. The van der Waals surface area contributed by atoms with E-state index >= 15 is 0 Å². The molecule has 40 heavy (non-hydrogen) atoms. The van der Waals surface area contributed by atoms with Crippen molar-refractivity contribution in [1.82, 2.24) is 0 Å². The van der Waals surface area contributed by atoms with Gasteiger partial charge in [-0.15, -0.1) is 0 Å². The zero-order valence-electron chi connectivity index (χ0n) is 26.2. The molecule has 0 aliphatic rings. The molecule has 0 aromatic heterocycles. The van der Waals surface area contributed by atoms with Crippen LogP contribution in [0.5, 0.6) is 0 Å². The van der Waals surface area contributed by atoms with E-state index in [2.05, 4.69) is 13.0 Å². The van der Waals surface area contributed by atoms with Crippen LogP contribution in [0.1, 0.15) is 156 Å². The average Bonchev–Trinajstić information content (AvgIpc) is 2.91. The molecule has 234 valence electrons. The second-order valence-electron chi connectivity index (χ2n) is 11.6. The molecule has 0 aliphatic heterocycles. The maximum Gasteiger partial charge on any atom is 0.362 e. The molecule has 0 bridgehead atoms. The summed E-state index contributed by atoms with van der Waals surface area (Å²) in [6.45, 7) is 7.94. The van der Waals surface area contributed by atoms with E-state index in [9.17, 15) is 29.7 Å². The van der Waals surface area contributed by atoms with Crippen LogP contribution in [0.4, 0.5) is 0 Å². The number of hydrogen-bond acceptors (Lipinski definition) is 4. The van der Waals surface area contributed by atoms with E-state index in [1.807, 2.05) is 26.8 Å². The van der Waals surface area contributed by atoms with Crippen molar-refractivity contribution in [3.05, 3.63) is 12.2 Å². The van der Waals surface area contributed by atoms with Crippen LogP contribution in [0.25, 0.3) is 0 Å². The lowest BCUT2D eigenvalue weighted by Crippen LogP contribution is -2.74. The van der Waals surface area contributed by atoms with Gasteiger partial charge in [-0.1, -0.05) is 117 Å². The van der Waals surface area contributed by atoms with Crippen molar-refractivity contribution in [2.75, 3.05) is 6.54 Å². The van der Waals surface area contributed by atoms with E-state index in [1.54, 1.807) is 0 Å². The molecule has 0 saturated carbocycles. The summed E-state index contributed by atoms with van der Waals surface area (Å²) in [5.74, 6) is -3.62. The zero-order chi connectivity index (χ0) is 30.2. The SMILES string of the molecule is CCCCCCCCCCCCCC/C=C/CC[N+](C(CCC)C(=O)[O-])(C(CCC)C(=O)O)C(CCC)C(=O)O. The van der Waals surface area contributed by atoms with Gasteiger partial charge < -0.3 is 20.1 Å². The Morgan fingerprint density at radius 3 is 1.32 bits per heavy atom. The summed E-state index contributed by atoms with van der Waals surface area (Å²) in [5, 5.41) is 32.9. The number of quaternary nitrogens is 1. The maximum atomic E-state index is 12.5. The molecule has 0 rings (SSSR count). The molecule has 0 aromatic rings. The first-order valence-corrected chi connectivity index (χ1v) is 16.4. The molecule has 3 atom stereocenters. The summed E-state index contributed by atoms with van der Waals surface area (Å²) in [6, 6.07) is -3.41. The standard InChI is InChI=1S/C33H61NO6/c1-5-9-10-11-12-13-14-15-16-17-18-19-20-21-22-23-27-34(28(24-6-2)31(35)36,29(25-7-3)32(37)38)30(26-8-4)33(39)40/h21-22,28-30H,5-20,23-27H2,1-4H3,(H2-,35,36,37,38,39,40)/b22-21+. The fraction of sp³-hybridized carbons (Fsp3) is 0.848. The first-order valence-electron chi connectivity index (χ1n) is 16.4. The van der Waals surface area contributed by atoms with Crippen molar-refractivity contribution in [2.45, 2.75) is 174 Å². The lowest BCUT2D eigenvalue weighted by Gasteiger charge is -2.52. The zero-order valence-corrected chi connectivity index (χ0v) is 26.2. The Labute approximate surface area is 245 Å². The highest BCUT2D eigenvalue weighted by Gasteiger charge is 2.54. The second-order valence-corrected chi connectivity index (χ2v) is 11.6. The molecule has 3 unspecified atom stereocenters. The average molecular weight is 568 g/mol. The van der Waals surface area contributed by atoms with E-state index in [0.29, 0.717) is 25.7 Å². The third-order valence-electron chi connectivity index (χ3n) is 8.34. The number of carbonyl (C=O) groups excluding carboxylic acids is 1. The van der Waals surface area contributed by atoms with Gasteiger partial charge in [-0.2, -0.15) is 0 Å². The fourth-order valence-corrected chi connectivity index (χ4v) is 6.27. The molecule has 0 radical (unpaired) electrons. The van der Waals surface area contributed by atoms with Crippen molar-refractivity contribution >= 4 is 17.9 Å². The Balaban J connectivity index is 5.20. The summed E-state index contributed by atoms with van der Waals surface area (Å²) < 4.78 is -0.481. The summed E-state index contributed by atoms with van der Waals surface area (Å²) in [7, 11) is 0. The fourth-order valence-electron chi connectivity index (χ4n) is 6.27. The van der Waals surface area contributed by atoms with E-state index in [1.165, 1.54) is 70.6 Å². The van der Waals surface area contributed by atoms with E-state index < -0.39 is 40.5 Å². The Morgan fingerprint density at radius 2 is 0.950 bits per heavy atom. The highest BCUT2D eigenvalue weighted by Crippen LogP contribution is 2.33. The molecule has 0 spiro atoms. The van der Waals surface area contributed by atoms with E-state index in [0.717, 1.165) is 12.8 Å². The minimum absolute atomic E-state index is 0.154. The van der Waals surface area contributed by atoms with Gasteiger partial charge in [0.15, 0.2) is 12.1 Å². The number of hydrogen-bond donors (Lipinski definition) is 2. The lowest BCUT2D eigenvalue weighted by atomic mass is 9.91. The highest BCUT2D eigenvalue weighted by atomic mass is 16.4. The van der Waals surface area contributed by atoms with Gasteiger partial charge in [-0.05, 0) is 25.7 Å². The Kier molecular flexibility index (Phi) is 22.7. The smallest absolute Gasteiger partial charge is 0.362 e. The predicted molar refractivity (Wildman–Crippen MR) is 161 cm³/mol. The maximum absolute atomic E-state index is 12.5. The molecule has 0 saturated heterocycles. The van der Waals surface area contributed by atoms with Gasteiger partial charge in [0.1, 0.15) is 6.04 Å². The molecule has 0 fully saturated rings. The molecule has 0 heterocycles. The molecular weight excluding hydrogens is 506 g/mol. The van der Waals surface area contributed by atoms with E-state index in [-0.39, 0.29) is 25.8 Å². The topological polar surface area (TPSA) is 115 Å². The number of carboxylic acid groups (broad SMARTS) is 3. The van der Waals surface area contributed by atoms with Crippen molar-refractivity contribution in [3.63, 3.8) is 0 Å². The van der Waals surface area contributed by atoms with Crippen LogP contribution in [0.15, 0.2) is 12.2 Å². The second kappa shape index (κ2) is 23.8. The van der Waals surface area contributed by atoms with Crippen LogP contribution in [-0.4, -0.2) is 57.3 Å². The number of carboxylic acids is 3. The molecule has 0 aliphatic carbocycles. The normalized spacial score (nSPS) is 15.5. The van der Waals surface area contributed by atoms with Gasteiger partial charge in [0, 0.05) is 25.7 Å². The van der Waals surface area contributed by atoms with Crippen molar-refractivity contribution in [3.8, 4) is 0 Å². The van der Waals surface area contributed by atoms with Gasteiger partial charge in [0.25, 0.3) is 0 Å². The van der Waals surface area contributed by atoms with Gasteiger partial charge in [-0.25, -0.2) is 9.59 Å². The molecule has 0 amide bonds. The van der Waals surface area contributed by atoms with Gasteiger partial charge >= 0.3 is 11.9 Å². The van der Waals surface area contributed by atoms with Crippen LogP contribution in [0, 0.1) is 0 Å². The van der Waals surface area contributed by atoms with Crippen molar-refractivity contribution in [2.24, 2.45) is 0 Å². The van der Waals surface area contributed by atoms with Crippen LogP contribution < -0.4 is 5.11 Å². The summed E-state index contributed by atoms with van der Waals surface area (Å²) in [4.78, 5) is 37.5. The largest absolute Gasteiger partial charge is 0.544 e. The first kappa shape index (κ1) is 38.1. The van der Waals surface area contributed by atoms with Crippen LogP contribution >= 0.6 is 0 Å². The number of carbonyl (C=O) groups is 3. The summed E-state index contributed by atoms with van der Waals surface area (Å²) >= 11 is 0. The highest BCUT2D eigenvalue weighted by molar-refractivity contribution is 5.77. The number of rotatable bonds is 28. The molecule has 0 aromatic carbocycles. The minimum atomic E-state index is -1.35. The predicted octanol–water partition coefficient (Wildman–Crippen LogP) is 7.27. The van der Waals surface area contributed by atoms with Crippen molar-refractivity contribution in [1.29, 1.82) is 0 Å². The monoisotopic (exact) mass is 567 g/mol. The Bertz CT molecular complexity index is 647. The van der Waals surface area contributed by atoms with Crippen LogP contribution in [0.2, 0.25) is 0 Å². The molecule has 7 nitrogen and oxygen atoms in total. The van der Waals surface area contributed by atoms with Gasteiger partial charge in [0.2, 0.25) is 0 Å². The number of unbranched alkanes of at least 4 members (excludes halogenated alkanes) is 12. The van der Waals surface area contributed by atoms with E-state index in [4.69, 9.17) is 0 Å². The van der Waals surface area contributed by atoms with Gasteiger partial charge in [-0.3, -0.25) is 4.48 Å². The third-order valence-corrected chi connectivity index (χ3v) is 8.34. The summed E-state index contributed by atoms with van der Waals surface area (Å²) in [5.41, 5.74) is 0. The first-order chi connectivity index (χ1) is 19.2. The van der Waals surface area contributed by atoms with Crippen LogP contribution in [-0.2, 0) is 14.4 Å². The number of aliphatic carboxylic acids is 3. The Hall–Kier alpha value is -1.89. The van der Waals surface area contributed by atoms with Gasteiger partial charge in [0.05, 0.1) is 12.5 Å². The molecular formula is C33H61NO6. The molecule has 7 heteroatoms. The minimum Gasteiger partial charge on any atom is -0.544 e.